The van der Waals surface area contributed by atoms with Gasteiger partial charge in [0.25, 0.3) is 0 Å². The number of carbonyl (C=O) groups is 1. The third kappa shape index (κ3) is 6.35. The van der Waals surface area contributed by atoms with Crippen molar-refractivity contribution < 1.29 is 18.0 Å². The number of hydrogen-bond donors (Lipinski definition) is 1. The van der Waals surface area contributed by atoms with Gasteiger partial charge in [0.05, 0.1) is 5.56 Å². The van der Waals surface area contributed by atoms with Crippen LogP contribution in [0.1, 0.15) is 56.6 Å². The van der Waals surface area contributed by atoms with E-state index < -0.39 is 17.8 Å². The number of nitrogens with one attached hydrogen (secondary N) is 1. The highest BCUT2D eigenvalue weighted by Gasteiger charge is 2.32. The molecule has 0 saturated heterocycles. The molecule has 1 aliphatic carbocycles. The lowest BCUT2D eigenvalue weighted by atomic mass is 9.95. The minimum atomic E-state index is -4.46. The van der Waals surface area contributed by atoms with Crippen molar-refractivity contribution in [1.82, 2.24) is 10.3 Å². The van der Waals surface area contributed by atoms with Gasteiger partial charge in [0.15, 0.2) is 0 Å². The third-order valence-corrected chi connectivity index (χ3v) is 5.90. The average molecular weight is 454 g/mol. The Labute approximate surface area is 185 Å². The molecule has 0 aliphatic heterocycles. The van der Waals surface area contributed by atoms with Crippen molar-refractivity contribution in [3.8, 4) is 0 Å². The quantitative estimate of drug-likeness (QED) is 0.560. The van der Waals surface area contributed by atoms with E-state index in [1.54, 1.807) is 17.0 Å². The fourth-order valence-electron chi connectivity index (χ4n) is 3.95. The molecule has 8 heteroatoms. The minimum Gasteiger partial charge on any atom is -0.352 e. The topological polar surface area (TPSA) is 45.2 Å². The molecule has 2 aromatic rings. The Balaban J connectivity index is 1.87. The lowest BCUT2D eigenvalue weighted by molar-refractivity contribution is -0.137. The van der Waals surface area contributed by atoms with E-state index in [2.05, 4.69) is 10.3 Å². The summed E-state index contributed by atoms with van der Waals surface area (Å²) in [6, 6.07) is 9.10. The van der Waals surface area contributed by atoms with Gasteiger partial charge in [-0.1, -0.05) is 49.9 Å². The van der Waals surface area contributed by atoms with Crippen LogP contribution < -0.4 is 10.2 Å². The molecule has 1 saturated carbocycles. The lowest BCUT2D eigenvalue weighted by Gasteiger charge is -2.33. The summed E-state index contributed by atoms with van der Waals surface area (Å²) in [6.07, 6.45) is 2.13. The van der Waals surface area contributed by atoms with Crippen molar-refractivity contribution in [1.29, 1.82) is 0 Å². The normalized spacial score (nSPS) is 16.0. The van der Waals surface area contributed by atoms with Gasteiger partial charge in [0, 0.05) is 23.8 Å². The largest absolute Gasteiger partial charge is 0.417 e. The molecule has 3 rings (SSSR count). The highest BCUT2D eigenvalue weighted by atomic mass is 35.5. The molecule has 1 amide bonds. The number of amides is 1. The van der Waals surface area contributed by atoms with E-state index in [1.165, 1.54) is 12.5 Å². The number of rotatable bonds is 7. The smallest absolute Gasteiger partial charge is 0.352 e. The van der Waals surface area contributed by atoms with Gasteiger partial charge in [0.2, 0.25) is 5.91 Å². The Morgan fingerprint density at radius 1 is 1.16 bits per heavy atom. The fourth-order valence-corrected chi connectivity index (χ4v) is 4.08. The fraction of sp³-hybridized carbons (Fsp3) is 0.478. The summed E-state index contributed by atoms with van der Waals surface area (Å²) in [4.78, 5) is 19.0. The van der Waals surface area contributed by atoms with Gasteiger partial charge in [0.1, 0.15) is 11.9 Å². The molecule has 0 unspecified atom stereocenters. The van der Waals surface area contributed by atoms with Crippen molar-refractivity contribution in [3.05, 3.63) is 58.7 Å². The molecule has 168 valence electrons. The van der Waals surface area contributed by atoms with Crippen LogP contribution in [0.5, 0.6) is 0 Å². The zero-order chi connectivity index (χ0) is 22.4. The van der Waals surface area contributed by atoms with Crippen LogP contribution in [0, 0.1) is 0 Å². The van der Waals surface area contributed by atoms with Crippen molar-refractivity contribution in [2.24, 2.45) is 0 Å². The van der Waals surface area contributed by atoms with Crippen LogP contribution in [-0.4, -0.2) is 23.0 Å². The molecule has 0 radical (unpaired) electrons. The van der Waals surface area contributed by atoms with E-state index in [0.717, 1.165) is 43.5 Å². The highest BCUT2D eigenvalue weighted by Crippen LogP contribution is 2.30. The number of nitrogens with zero attached hydrogens (tertiary/aromatic N) is 2. The van der Waals surface area contributed by atoms with Gasteiger partial charge < -0.3 is 10.2 Å². The average Bonchev–Trinajstić information content (AvgIpc) is 2.75. The molecular weight excluding hydrogens is 427 g/mol. The molecule has 0 spiro atoms. The van der Waals surface area contributed by atoms with Crippen LogP contribution >= 0.6 is 11.6 Å². The van der Waals surface area contributed by atoms with E-state index in [1.807, 2.05) is 19.1 Å². The van der Waals surface area contributed by atoms with Crippen LogP contribution in [0.4, 0.5) is 19.0 Å². The first-order valence-corrected chi connectivity index (χ1v) is 11.0. The maximum absolute atomic E-state index is 13.1. The standard InChI is InChI=1S/C23H27ClF3N3O/c1-2-20(22(31)29-19-6-4-3-5-7-19)30(15-16-8-11-18(24)12-9-16)21-13-10-17(14-28-21)23(25,26)27/h8-14,19-20H,2-7,15H2,1H3,(H,29,31)/t20-/m0/s1. The lowest BCUT2D eigenvalue weighted by Crippen LogP contribution is -2.50. The van der Waals surface area contributed by atoms with Crippen molar-refractivity contribution >= 4 is 23.3 Å². The first-order chi connectivity index (χ1) is 14.8. The Morgan fingerprint density at radius 2 is 1.84 bits per heavy atom. The number of anilines is 1. The highest BCUT2D eigenvalue weighted by molar-refractivity contribution is 6.30. The van der Waals surface area contributed by atoms with Crippen LogP contribution in [-0.2, 0) is 17.5 Å². The molecule has 31 heavy (non-hydrogen) atoms. The molecule has 1 heterocycles. The van der Waals surface area contributed by atoms with Gasteiger partial charge in [-0.25, -0.2) is 4.98 Å². The Hall–Kier alpha value is -2.28. The van der Waals surface area contributed by atoms with Gasteiger partial charge in [-0.05, 0) is 49.1 Å². The number of alkyl halides is 3. The van der Waals surface area contributed by atoms with Gasteiger partial charge in [-0.15, -0.1) is 0 Å². The Morgan fingerprint density at radius 3 is 2.39 bits per heavy atom. The maximum Gasteiger partial charge on any atom is 0.417 e. The molecule has 1 N–H and O–H groups in total. The van der Waals surface area contributed by atoms with Crippen LogP contribution in [0.25, 0.3) is 0 Å². The summed E-state index contributed by atoms with van der Waals surface area (Å²) in [5.74, 6) is 0.207. The first-order valence-electron chi connectivity index (χ1n) is 10.6. The summed E-state index contributed by atoms with van der Waals surface area (Å²) < 4.78 is 39.0. The number of aromatic nitrogens is 1. The predicted octanol–water partition coefficient (Wildman–Crippen LogP) is 5.99. The Bertz CT molecular complexity index is 850. The van der Waals surface area contributed by atoms with Crippen molar-refractivity contribution in [2.75, 3.05) is 4.90 Å². The van der Waals surface area contributed by atoms with Crippen LogP contribution in [0.2, 0.25) is 5.02 Å². The number of carbonyl (C=O) groups excluding carboxylic acids is 1. The number of hydrogen-bond acceptors (Lipinski definition) is 3. The van der Waals surface area contributed by atoms with E-state index >= 15 is 0 Å². The summed E-state index contributed by atoms with van der Waals surface area (Å²) >= 11 is 5.98. The molecule has 1 aromatic carbocycles. The number of benzene rings is 1. The zero-order valence-corrected chi connectivity index (χ0v) is 18.2. The maximum atomic E-state index is 13.1. The summed E-state index contributed by atoms with van der Waals surface area (Å²) in [5.41, 5.74) is 0.0670. The van der Waals surface area contributed by atoms with Gasteiger partial charge in [-0.3, -0.25) is 4.79 Å². The summed E-state index contributed by atoms with van der Waals surface area (Å²) in [7, 11) is 0. The molecular formula is C23H27ClF3N3O. The zero-order valence-electron chi connectivity index (χ0n) is 17.5. The van der Waals surface area contributed by atoms with Crippen LogP contribution in [0.15, 0.2) is 42.6 Å². The summed E-state index contributed by atoms with van der Waals surface area (Å²) in [6.45, 7) is 2.22. The minimum absolute atomic E-state index is 0.120. The van der Waals surface area contributed by atoms with E-state index in [0.29, 0.717) is 23.8 Å². The third-order valence-electron chi connectivity index (χ3n) is 5.65. The second-order valence-corrected chi connectivity index (χ2v) is 8.36. The number of halogens is 4. The van der Waals surface area contributed by atoms with E-state index in [9.17, 15) is 18.0 Å². The molecule has 0 bridgehead atoms. The van der Waals surface area contributed by atoms with Crippen molar-refractivity contribution in [3.63, 3.8) is 0 Å². The molecule has 1 aromatic heterocycles. The van der Waals surface area contributed by atoms with Gasteiger partial charge >= 0.3 is 6.18 Å². The SMILES string of the molecule is CC[C@@H](C(=O)NC1CCCCC1)N(Cc1ccc(Cl)cc1)c1ccc(C(F)(F)F)cn1. The van der Waals surface area contributed by atoms with Gasteiger partial charge in [-0.2, -0.15) is 13.2 Å². The summed E-state index contributed by atoms with van der Waals surface area (Å²) in [5, 5.41) is 3.73. The monoisotopic (exact) mass is 453 g/mol. The second kappa shape index (κ2) is 10.4. The van der Waals surface area contributed by atoms with Crippen molar-refractivity contribution in [2.45, 2.75) is 70.3 Å². The molecule has 1 aliphatic rings. The molecule has 1 fully saturated rings. The van der Waals surface area contributed by atoms with E-state index in [-0.39, 0.29) is 11.9 Å². The second-order valence-electron chi connectivity index (χ2n) is 7.92. The molecule has 4 nitrogen and oxygen atoms in total. The Kier molecular flexibility index (Phi) is 7.81. The van der Waals surface area contributed by atoms with Crippen LogP contribution in [0.3, 0.4) is 0 Å². The predicted molar refractivity (Wildman–Crippen MR) is 116 cm³/mol. The van der Waals surface area contributed by atoms with E-state index in [4.69, 9.17) is 11.6 Å². The first kappa shape index (κ1) is 23.4. The molecule has 1 atom stereocenters. The number of pyridine rings is 1.